The van der Waals surface area contributed by atoms with Crippen molar-refractivity contribution in [3.63, 3.8) is 0 Å². The minimum absolute atomic E-state index is 0.0508. The molecule has 1 aliphatic rings. The van der Waals surface area contributed by atoms with Crippen LogP contribution in [0.5, 0.6) is 5.75 Å². The molecule has 1 fully saturated rings. The van der Waals surface area contributed by atoms with E-state index < -0.39 is 21.8 Å². The molecule has 0 aliphatic carbocycles. The summed E-state index contributed by atoms with van der Waals surface area (Å²) in [6.45, 7) is 0. The normalized spacial score (nSPS) is 23.2. The molecule has 0 radical (unpaired) electrons. The Balaban J connectivity index is 2.04. The molecule has 1 aromatic rings. The Labute approximate surface area is 112 Å². The van der Waals surface area contributed by atoms with Gasteiger partial charge in [0.05, 0.1) is 24.7 Å². The van der Waals surface area contributed by atoms with Crippen LogP contribution in [0.25, 0.3) is 0 Å². The highest BCUT2D eigenvalue weighted by molar-refractivity contribution is 7.91. The topological polar surface area (TPSA) is 63.6 Å². The fourth-order valence-electron chi connectivity index (χ4n) is 2.40. The van der Waals surface area contributed by atoms with Crippen molar-refractivity contribution in [1.29, 1.82) is 0 Å². The second-order valence-electron chi connectivity index (χ2n) is 4.91. The Morgan fingerprint density at radius 1 is 1.53 bits per heavy atom. The van der Waals surface area contributed by atoms with Gasteiger partial charge in [0, 0.05) is 0 Å². The van der Waals surface area contributed by atoms with Crippen LogP contribution < -0.4 is 4.74 Å². The Morgan fingerprint density at radius 3 is 2.79 bits per heavy atom. The molecule has 4 nitrogen and oxygen atoms in total. The summed E-state index contributed by atoms with van der Waals surface area (Å²) in [5.74, 6) is -0.160. The minimum Gasteiger partial charge on any atom is -0.494 e. The SMILES string of the molecule is COc1ccc(C(O)CC2CCS(=O)(=O)C2)cc1F. The van der Waals surface area contributed by atoms with Crippen molar-refractivity contribution in [3.8, 4) is 5.75 Å². The van der Waals surface area contributed by atoms with E-state index in [4.69, 9.17) is 4.74 Å². The number of halogens is 1. The fourth-order valence-corrected chi connectivity index (χ4v) is 4.28. The predicted molar refractivity (Wildman–Crippen MR) is 69.3 cm³/mol. The average Bonchev–Trinajstić information content (AvgIpc) is 2.68. The lowest BCUT2D eigenvalue weighted by molar-refractivity contribution is 0.148. The number of methoxy groups -OCH3 is 1. The predicted octanol–water partition coefficient (Wildman–Crippen LogP) is 1.69. The van der Waals surface area contributed by atoms with E-state index in [1.165, 1.54) is 19.2 Å². The van der Waals surface area contributed by atoms with E-state index in [1.54, 1.807) is 6.07 Å². The summed E-state index contributed by atoms with van der Waals surface area (Å²) in [5, 5.41) is 10.0. The lowest BCUT2D eigenvalue weighted by atomic mass is 9.96. The van der Waals surface area contributed by atoms with Gasteiger partial charge in [0.15, 0.2) is 21.4 Å². The molecule has 106 valence electrons. The van der Waals surface area contributed by atoms with Crippen LogP contribution in [0.1, 0.15) is 24.5 Å². The van der Waals surface area contributed by atoms with Gasteiger partial charge in [-0.05, 0) is 36.5 Å². The van der Waals surface area contributed by atoms with Crippen LogP contribution in [0.4, 0.5) is 4.39 Å². The lowest BCUT2D eigenvalue weighted by Crippen LogP contribution is -2.10. The highest BCUT2D eigenvalue weighted by Crippen LogP contribution is 2.30. The van der Waals surface area contributed by atoms with E-state index in [0.29, 0.717) is 18.4 Å². The number of hydrogen-bond acceptors (Lipinski definition) is 4. The highest BCUT2D eigenvalue weighted by Gasteiger charge is 2.29. The highest BCUT2D eigenvalue weighted by atomic mass is 32.2. The van der Waals surface area contributed by atoms with Crippen LogP contribution in [-0.2, 0) is 9.84 Å². The first-order valence-corrected chi connectivity index (χ1v) is 7.95. The molecule has 6 heteroatoms. The van der Waals surface area contributed by atoms with Crippen LogP contribution in [0, 0.1) is 11.7 Å². The zero-order valence-electron chi connectivity index (χ0n) is 10.7. The molecule has 0 aromatic heterocycles. The Bertz CT molecular complexity index is 556. The monoisotopic (exact) mass is 288 g/mol. The third-order valence-corrected chi connectivity index (χ3v) is 5.28. The van der Waals surface area contributed by atoms with E-state index in [-0.39, 0.29) is 23.2 Å². The van der Waals surface area contributed by atoms with E-state index in [2.05, 4.69) is 0 Å². The largest absolute Gasteiger partial charge is 0.494 e. The summed E-state index contributed by atoms with van der Waals surface area (Å²) in [4.78, 5) is 0. The van der Waals surface area contributed by atoms with Crippen LogP contribution in [0.15, 0.2) is 18.2 Å². The van der Waals surface area contributed by atoms with Crippen molar-refractivity contribution in [3.05, 3.63) is 29.6 Å². The van der Waals surface area contributed by atoms with Crippen molar-refractivity contribution >= 4 is 9.84 Å². The van der Waals surface area contributed by atoms with Crippen LogP contribution in [0.3, 0.4) is 0 Å². The molecule has 0 spiro atoms. The average molecular weight is 288 g/mol. The summed E-state index contributed by atoms with van der Waals surface area (Å²) in [6, 6.07) is 4.28. The maximum Gasteiger partial charge on any atom is 0.165 e. The summed E-state index contributed by atoms with van der Waals surface area (Å²) < 4.78 is 41.0. The lowest BCUT2D eigenvalue weighted by Gasteiger charge is -2.15. The number of sulfone groups is 1. The van der Waals surface area contributed by atoms with Gasteiger partial charge in [-0.3, -0.25) is 0 Å². The van der Waals surface area contributed by atoms with Gasteiger partial charge in [-0.1, -0.05) is 6.07 Å². The quantitative estimate of drug-likeness (QED) is 0.916. The molecule has 2 atom stereocenters. The minimum atomic E-state index is -2.95. The molecule has 1 heterocycles. The Kier molecular flexibility index (Phi) is 4.10. The summed E-state index contributed by atoms with van der Waals surface area (Å²) >= 11 is 0. The first-order valence-electron chi connectivity index (χ1n) is 6.13. The van der Waals surface area contributed by atoms with Crippen molar-refractivity contribution in [1.82, 2.24) is 0 Å². The Hall–Kier alpha value is -1.14. The van der Waals surface area contributed by atoms with Gasteiger partial charge >= 0.3 is 0 Å². The number of aliphatic hydroxyl groups excluding tert-OH is 1. The van der Waals surface area contributed by atoms with Gasteiger partial charge in [0.25, 0.3) is 0 Å². The second-order valence-corrected chi connectivity index (χ2v) is 7.14. The van der Waals surface area contributed by atoms with E-state index in [1.807, 2.05) is 0 Å². The third kappa shape index (κ3) is 3.45. The molecule has 1 aliphatic heterocycles. The number of rotatable bonds is 4. The summed E-state index contributed by atoms with van der Waals surface area (Å²) in [5.41, 5.74) is 0.447. The molecule has 1 saturated heterocycles. The Morgan fingerprint density at radius 2 is 2.26 bits per heavy atom. The van der Waals surface area contributed by atoms with Crippen molar-refractivity contribution in [2.24, 2.45) is 5.92 Å². The molecule has 19 heavy (non-hydrogen) atoms. The first-order chi connectivity index (χ1) is 8.91. The van der Waals surface area contributed by atoms with Gasteiger partial charge < -0.3 is 9.84 Å². The van der Waals surface area contributed by atoms with Gasteiger partial charge in [-0.25, -0.2) is 12.8 Å². The molecule has 1 aromatic carbocycles. The van der Waals surface area contributed by atoms with Gasteiger partial charge in [0.2, 0.25) is 0 Å². The number of ether oxygens (including phenoxy) is 1. The van der Waals surface area contributed by atoms with Crippen LogP contribution in [0.2, 0.25) is 0 Å². The molecule has 2 unspecified atom stereocenters. The zero-order chi connectivity index (χ0) is 14.0. The molecular formula is C13H17FO4S. The summed E-state index contributed by atoms with van der Waals surface area (Å²) in [6.07, 6.45) is 0.0574. The van der Waals surface area contributed by atoms with Crippen molar-refractivity contribution < 1.29 is 22.7 Å². The molecular weight excluding hydrogens is 271 g/mol. The first kappa shape index (κ1) is 14.3. The molecule has 2 rings (SSSR count). The van der Waals surface area contributed by atoms with Gasteiger partial charge in [-0.2, -0.15) is 0 Å². The molecule has 0 amide bonds. The number of hydrogen-bond donors (Lipinski definition) is 1. The van der Waals surface area contributed by atoms with E-state index >= 15 is 0 Å². The molecule has 0 saturated carbocycles. The van der Waals surface area contributed by atoms with Gasteiger partial charge in [-0.15, -0.1) is 0 Å². The van der Waals surface area contributed by atoms with E-state index in [9.17, 15) is 17.9 Å². The van der Waals surface area contributed by atoms with E-state index in [0.717, 1.165) is 0 Å². The summed E-state index contributed by atoms with van der Waals surface area (Å²) in [7, 11) is -1.57. The third-order valence-electron chi connectivity index (χ3n) is 3.44. The number of benzene rings is 1. The van der Waals surface area contributed by atoms with Crippen molar-refractivity contribution in [2.45, 2.75) is 18.9 Å². The maximum absolute atomic E-state index is 13.5. The van der Waals surface area contributed by atoms with Crippen LogP contribution in [-0.4, -0.2) is 32.1 Å². The standard InChI is InChI=1S/C13H17FO4S/c1-18-13-3-2-10(7-11(13)14)12(15)6-9-4-5-19(16,17)8-9/h2-3,7,9,12,15H,4-6,8H2,1H3. The molecule has 0 bridgehead atoms. The van der Waals surface area contributed by atoms with Gasteiger partial charge in [0.1, 0.15) is 0 Å². The smallest absolute Gasteiger partial charge is 0.165 e. The zero-order valence-corrected chi connectivity index (χ0v) is 11.5. The molecule has 1 N–H and O–H groups in total. The van der Waals surface area contributed by atoms with Crippen LogP contribution >= 0.6 is 0 Å². The second kappa shape index (κ2) is 5.46. The maximum atomic E-state index is 13.5. The fraction of sp³-hybridized carbons (Fsp3) is 0.538. The number of aliphatic hydroxyl groups is 1. The van der Waals surface area contributed by atoms with Crippen molar-refractivity contribution in [2.75, 3.05) is 18.6 Å².